The van der Waals surface area contributed by atoms with Gasteiger partial charge >= 0.3 is 0 Å². The van der Waals surface area contributed by atoms with Crippen LogP contribution in [0.25, 0.3) is 0 Å². The average molecular weight is 285 g/mol. The van der Waals surface area contributed by atoms with E-state index in [4.69, 9.17) is 4.74 Å². The van der Waals surface area contributed by atoms with Gasteiger partial charge in [0.25, 0.3) is 0 Å². The second-order valence-electron chi connectivity index (χ2n) is 4.19. The van der Waals surface area contributed by atoms with Gasteiger partial charge in [-0.25, -0.2) is 0 Å². The molecule has 1 unspecified atom stereocenters. The largest absolute Gasteiger partial charge is 0.370 e. The number of rotatable bonds is 5. The van der Waals surface area contributed by atoms with Crippen molar-refractivity contribution in [1.82, 2.24) is 0 Å². The molecule has 0 saturated carbocycles. The maximum Gasteiger partial charge on any atom is 0.188 e. The van der Waals surface area contributed by atoms with Crippen LogP contribution in [0, 0.1) is 5.92 Å². The number of carbonyl (C=O) groups excluding carboxylic acids is 1. The van der Waals surface area contributed by atoms with Crippen molar-refractivity contribution in [2.75, 3.05) is 6.61 Å². The molecule has 0 saturated heterocycles. The molecule has 0 aliphatic rings. The summed E-state index contributed by atoms with van der Waals surface area (Å²) in [6.07, 6.45) is 0.108. The number of carbonyl (C=O) groups is 1. The summed E-state index contributed by atoms with van der Waals surface area (Å²) < 4.78 is 6.41. The highest BCUT2D eigenvalue weighted by molar-refractivity contribution is 9.10. The van der Waals surface area contributed by atoms with E-state index in [2.05, 4.69) is 29.8 Å². The van der Waals surface area contributed by atoms with Crippen molar-refractivity contribution in [2.24, 2.45) is 5.92 Å². The van der Waals surface area contributed by atoms with E-state index in [0.29, 0.717) is 11.5 Å². The third-order valence-electron chi connectivity index (χ3n) is 2.56. The van der Waals surface area contributed by atoms with Gasteiger partial charge in [-0.05, 0) is 25.0 Å². The maximum atomic E-state index is 11.8. The Hall–Kier alpha value is -0.670. The first kappa shape index (κ1) is 13.4. The van der Waals surface area contributed by atoms with Gasteiger partial charge < -0.3 is 4.74 Å². The Morgan fingerprint density at radius 2 is 2.06 bits per heavy atom. The molecule has 0 N–H and O–H groups in total. The first-order chi connectivity index (χ1) is 7.50. The van der Waals surface area contributed by atoms with Crippen LogP contribution >= 0.6 is 15.9 Å². The topological polar surface area (TPSA) is 26.3 Å². The summed E-state index contributed by atoms with van der Waals surface area (Å²) in [6.45, 7) is 6.29. The fourth-order valence-electron chi connectivity index (χ4n) is 1.14. The Balaban J connectivity index is 2.53. The number of Topliss-reactive ketones (excluding diaryl/α,β-unsaturated/α-hetero) is 1. The van der Waals surface area contributed by atoms with E-state index < -0.39 is 0 Å². The minimum Gasteiger partial charge on any atom is -0.370 e. The molecule has 0 aliphatic carbocycles. The lowest BCUT2D eigenvalue weighted by atomic mass is 10.1. The molecule has 1 aromatic carbocycles. The molecule has 16 heavy (non-hydrogen) atoms. The molecule has 3 heteroatoms. The number of ketones is 1. The Bertz CT molecular complexity index is 361. The fraction of sp³-hybridized carbons (Fsp3) is 0.462. The third-order valence-corrected chi connectivity index (χ3v) is 3.06. The quantitative estimate of drug-likeness (QED) is 0.771. The zero-order valence-electron chi connectivity index (χ0n) is 9.87. The zero-order chi connectivity index (χ0) is 12.1. The van der Waals surface area contributed by atoms with Crippen molar-refractivity contribution in [2.45, 2.75) is 26.9 Å². The van der Waals surface area contributed by atoms with Crippen LogP contribution in [0.3, 0.4) is 0 Å². The first-order valence-corrected chi connectivity index (χ1v) is 6.20. The minimum atomic E-state index is 0.0220. The second kappa shape index (κ2) is 6.16. The predicted molar refractivity (Wildman–Crippen MR) is 68.7 cm³/mol. The van der Waals surface area contributed by atoms with Crippen LogP contribution in [0.4, 0.5) is 0 Å². The van der Waals surface area contributed by atoms with Crippen LogP contribution < -0.4 is 0 Å². The summed E-state index contributed by atoms with van der Waals surface area (Å²) in [5, 5.41) is 0. The van der Waals surface area contributed by atoms with Crippen molar-refractivity contribution in [3.63, 3.8) is 0 Å². The number of halogens is 1. The molecule has 0 bridgehead atoms. The molecular weight excluding hydrogens is 268 g/mol. The zero-order valence-corrected chi connectivity index (χ0v) is 11.5. The highest BCUT2D eigenvalue weighted by Crippen LogP contribution is 2.13. The Morgan fingerprint density at radius 3 is 2.62 bits per heavy atom. The van der Waals surface area contributed by atoms with Gasteiger partial charge in [0.15, 0.2) is 5.78 Å². The van der Waals surface area contributed by atoms with Gasteiger partial charge in [-0.15, -0.1) is 0 Å². The van der Waals surface area contributed by atoms with Gasteiger partial charge in [0, 0.05) is 10.0 Å². The van der Waals surface area contributed by atoms with Gasteiger partial charge in [-0.3, -0.25) is 4.79 Å². The van der Waals surface area contributed by atoms with Crippen molar-refractivity contribution < 1.29 is 9.53 Å². The average Bonchev–Trinajstić information content (AvgIpc) is 2.25. The first-order valence-electron chi connectivity index (χ1n) is 5.41. The highest BCUT2D eigenvalue weighted by Gasteiger charge is 2.11. The normalized spacial score (nSPS) is 12.8. The SMILES string of the molecule is CC(C)C(C)OCC(=O)c1cccc(Br)c1. The molecule has 2 nitrogen and oxygen atoms in total. The lowest BCUT2D eigenvalue weighted by molar-refractivity contribution is 0.0336. The van der Waals surface area contributed by atoms with E-state index in [1.54, 1.807) is 6.07 Å². The van der Waals surface area contributed by atoms with E-state index in [0.717, 1.165) is 4.47 Å². The van der Waals surface area contributed by atoms with Crippen molar-refractivity contribution in [1.29, 1.82) is 0 Å². The Morgan fingerprint density at radius 1 is 1.38 bits per heavy atom. The van der Waals surface area contributed by atoms with Crippen LogP contribution in [0.2, 0.25) is 0 Å². The number of hydrogen-bond acceptors (Lipinski definition) is 2. The molecule has 0 aliphatic heterocycles. The van der Waals surface area contributed by atoms with Crippen molar-refractivity contribution in [3.05, 3.63) is 34.3 Å². The van der Waals surface area contributed by atoms with E-state index in [9.17, 15) is 4.79 Å². The van der Waals surface area contributed by atoms with Crippen LogP contribution in [-0.2, 0) is 4.74 Å². The summed E-state index contributed by atoms with van der Waals surface area (Å²) in [6, 6.07) is 7.36. The molecule has 1 atom stereocenters. The number of ether oxygens (including phenoxy) is 1. The minimum absolute atomic E-state index is 0.0220. The van der Waals surface area contributed by atoms with Gasteiger partial charge in [0.05, 0.1) is 6.10 Å². The Labute approximate surface area is 105 Å². The number of benzene rings is 1. The van der Waals surface area contributed by atoms with Crippen molar-refractivity contribution in [3.8, 4) is 0 Å². The van der Waals surface area contributed by atoms with E-state index >= 15 is 0 Å². The molecule has 0 amide bonds. The van der Waals surface area contributed by atoms with Gasteiger partial charge in [-0.2, -0.15) is 0 Å². The summed E-state index contributed by atoms with van der Waals surface area (Å²) in [5.74, 6) is 0.448. The van der Waals surface area contributed by atoms with Crippen molar-refractivity contribution >= 4 is 21.7 Å². The molecular formula is C13H17BrO2. The molecule has 0 fully saturated rings. The lowest BCUT2D eigenvalue weighted by Crippen LogP contribution is -2.20. The van der Waals surface area contributed by atoms with Crippen LogP contribution in [0.15, 0.2) is 28.7 Å². The lowest BCUT2D eigenvalue weighted by Gasteiger charge is -2.15. The predicted octanol–water partition coefficient (Wildman–Crippen LogP) is 3.69. The highest BCUT2D eigenvalue weighted by atomic mass is 79.9. The monoisotopic (exact) mass is 284 g/mol. The molecule has 1 aromatic rings. The molecule has 88 valence electrons. The smallest absolute Gasteiger partial charge is 0.188 e. The summed E-state index contributed by atoms with van der Waals surface area (Å²) in [4.78, 5) is 11.8. The fourth-order valence-corrected chi connectivity index (χ4v) is 1.54. The van der Waals surface area contributed by atoms with E-state index in [1.807, 2.05) is 25.1 Å². The number of hydrogen-bond donors (Lipinski definition) is 0. The van der Waals surface area contributed by atoms with E-state index in [-0.39, 0.29) is 18.5 Å². The molecule has 1 rings (SSSR count). The van der Waals surface area contributed by atoms with Crippen LogP contribution in [0.5, 0.6) is 0 Å². The standard InChI is InChI=1S/C13H17BrO2/c1-9(2)10(3)16-8-13(15)11-5-4-6-12(14)7-11/h4-7,9-10H,8H2,1-3H3. The van der Waals surface area contributed by atoms with Crippen LogP contribution in [-0.4, -0.2) is 18.5 Å². The molecule has 0 radical (unpaired) electrons. The van der Waals surface area contributed by atoms with Gasteiger partial charge in [0.1, 0.15) is 6.61 Å². The van der Waals surface area contributed by atoms with Crippen LogP contribution in [0.1, 0.15) is 31.1 Å². The summed E-state index contributed by atoms with van der Waals surface area (Å²) >= 11 is 3.34. The molecule has 0 aromatic heterocycles. The second-order valence-corrected chi connectivity index (χ2v) is 5.11. The molecule has 0 spiro atoms. The maximum absolute atomic E-state index is 11.8. The summed E-state index contributed by atoms with van der Waals surface area (Å²) in [7, 11) is 0. The third kappa shape index (κ3) is 4.06. The van der Waals surface area contributed by atoms with E-state index in [1.165, 1.54) is 0 Å². The summed E-state index contributed by atoms with van der Waals surface area (Å²) in [5.41, 5.74) is 0.685. The Kier molecular flexibility index (Phi) is 5.16. The van der Waals surface area contributed by atoms with Gasteiger partial charge in [0.2, 0.25) is 0 Å². The van der Waals surface area contributed by atoms with Gasteiger partial charge in [-0.1, -0.05) is 41.9 Å². The molecule has 0 heterocycles.